The summed E-state index contributed by atoms with van der Waals surface area (Å²) < 4.78 is 0. The van der Waals surface area contributed by atoms with Crippen molar-refractivity contribution in [1.29, 1.82) is 0 Å². The Balaban J connectivity index is 1.99. The van der Waals surface area contributed by atoms with E-state index in [4.69, 9.17) is 4.84 Å². The van der Waals surface area contributed by atoms with Gasteiger partial charge in [-0.1, -0.05) is 25.7 Å². The van der Waals surface area contributed by atoms with E-state index in [0.717, 1.165) is 12.3 Å². The molecule has 0 aromatic carbocycles. The van der Waals surface area contributed by atoms with Gasteiger partial charge in [0.1, 0.15) is 0 Å². The molecule has 1 unspecified atom stereocenters. The zero-order chi connectivity index (χ0) is 9.52. The predicted molar refractivity (Wildman–Crippen MR) is 52.2 cm³/mol. The van der Waals surface area contributed by atoms with E-state index >= 15 is 0 Å². The first kappa shape index (κ1) is 11.0. The molecule has 1 rings (SSSR count). The Bertz CT molecular complexity index is 124. The van der Waals surface area contributed by atoms with Crippen molar-refractivity contribution in [3.8, 4) is 0 Å². The van der Waals surface area contributed by atoms with Gasteiger partial charge in [-0.05, 0) is 19.3 Å². The maximum absolute atomic E-state index is 9.59. The zero-order valence-corrected chi connectivity index (χ0v) is 8.46. The Morgan fingerprint density at radius 1 is 1.46 bits per heavy atom. The SMILES string of the molecule is CCONCC(O)CC1CCCC1. The fourth-order valence-electron chi connectivity index (χ4n) is 1.97. The highest BCUT2D eigenvalue weighted by atomic mass is 16.6. The van der Waals surface area contributed by atoms with Crippen LogP contribution in [0, 0.1) is 5.92 Å². The van der Waals surface area contributed by atoms with Crippen LogP contribution in [-0.4, -0.2) is 24.4 Å². The molecule has 1 saturated carbocycles. The second-order valence-electron chi connectivity index (χ2n) is 3.82. The average Bonchev–Trinajstić information content (AvgIpc) is 2.57. The van der Waals surface area contributed by atoms with Gasteiger partial charge in [-0.3, -0.25) is 0 Å². The number of hydrogen-bond donors (Lipinski definition) is 2. The molecule has 1 atom stereocenters. The van der Waals surface area contributed by atoms with Crippen LogP contribution in [0.15, 0.2) is 0 Å². The predicted octanol–water partition coefficient (Wildman–Crippen LogP) is 1.47. The molecule has 1 fully saturated rings. The Morgan fingerprint density at radius 3 is 2.77 bits per heavy atom. The lowest BCUT2D eigenvalue weighted by atomic mass is 10.0. The van der Waals surface area contributed by atoms with E-state index in [-0.39, 0.29) is 6.10 Å². The molecule has 78 valence electrons. The first-order valence-electron chi connectivity index (χ1n) is 5.35. The van der Waals surface area contributed by atoms with Crippen molar-refractivity contribution in [2.24, 2.45) is 5.92 Å². The van der Waals surface area contributed by atoms with E-state index < -0.39 is 0 Å². The molecule has 0 radical (unpaired) electrons. The first-order chi connectivity index (χ1) is 6.33. The molecule has 1 aliphatic carbocycles. The zero-order valence-electron chi connectivity index (χ0n) is 8.46. The molecule has 0 amide bonds. The van der Waals surface area contributed by atoms with E-state index in [2.05, 4.69) is 5.48 Å². The van der Waals surface area contributed by atoms with Crippen LogP contribution < -0.4 is 5.48 Å². The first-order valence-corrected chi connectivity index (χ1v) is 5.35. The molecule has 0 spiro atoms. The topological polar surface area (TPSA) is 41.5 Å². The molecule has 0 heterocycles. The van der Waals surface area contributed by atoms with Gasteiger partial charge >= 0.3 is 0 Å². The number of aliphatic hydroxyl groups is 1. The van der Waals surface area contributed by atoms with Crippen molar-refractivity contribution in [2.45, 2.75) is 45.1 Å². The Hall–Kier alpha value is -0.120. The van der Waals surface area contributed by atoms with E-state index in [1.165, 1.54) is 25.7 Å². The van der Waals surface area contributed by atoms with E-state index in [9.17, 15) is 5.11 Å². The fourth-order valence-corrected chi connectivity index (χ4v) is 1.97. The summed E-state index contributed by atoms with van der Waals surface area (Å²) >= 11 is 0. The number of aliphatic hydroxyl groups excluding tert-OH is 1. The molecule has 0 aromatic rings. The largest absolute Gasteiger partial charge is 0.392 e. The molecule has 3 heteroatoms. The van der Waals surface area contributed by atoms with E-state index in [1.54, 1.807) is 0 Å². The number of nitrogens with one attached hydrogen (secondary N) is 1. The summed E-state index contributed by atoms with van der Waals surface area (Å²) in [5.74, 6) is 0.749. The number of hydroxylamine groups is 1. The maximum atomic E-state index is 9.59. The van der Waals surface area contributed by atoms with Gasteiger partial charge in [0.15, 0.2) is 0 Å². The lowest BCUT2D eigenvalue weighted by Gasteiger charge is -2.15. The summed E-state index contributed by atoms with van der Waals surface area (Å²) in [5.41, 5.74) is 2.76. The lowest BCUT2D eigenvalue weighted by Crippen LogP contribution is -2.28. The molecule has 0 bridgehead atoms. The standard InChI is InChI=1S/C10H21NO2/c1-2-13-11-8-10(12)7-9-5-3-4-6-9/h9-12H,2-8H2,1H3. The minimum Gasteiger partial charge on any atom is -0.392 e. The van der Waals surface area contributed by atoms with Gasteiger partial charge in [-0.15, -0.1) is 0 Å². The third kappa shape index (κ3) is 4.60. The van der Waals surface area contributed by atoms with Gasteiger partial charge in [-0.25, -0.2) is 0 Å². The van der Waals surface area contributed by atoms with Crippen LogP contribution in [0.1, 0.15) is 39.0 Å². The Morgan fingerprint density at radius 2 is 2.15 bits per heavy atom. The number of hydrogen-bond acceptors (Lipinski definition) is 3. The van der Waals surface area contributed by atoms with Crippen molar-refractivity contribution in [2.75, 3.05) is 13.2 Å². The van der Waals surface area contributed by atoms with Crippen LogP contribution in [0.3, 0.4) is 0 Å². The molecule has 13 heavy (non-hydrogen) atoms. The molecular weight excluding hydrogens is 166 g/mol. The number of rotatable bonds is 6. The molecule has 2 N–H and O–H groups in total. The molecular formula is C10H21NO2. The highest BCUT2D eigenvalue weighted by Gasteiger charge is 2.18. The quantitative estimate of drug-likeness (QED) is 0.489. The summed E-state index contributed by atoms with van der Waals surface area (Å²) in [5, 5.41) is 9.59. The molecule has 0 aromatic heterocycles. The average molecular weight is 187 g/mol. The fraction of sp³-hybridized carbons (Fsp3) is 1.00. The molecule has 1 aliphatic rings. The smallest absolute Gasteiger partial charge is 0.0690 e. The lowest BCUT2D eigenvalue weighted by molar-refractivity contribution is 0.0158. The van der Waals surface area contributed by atoms with Gasteiger partial charge in [-0.2, -0.15) is 5.48 Å². The van der Waals surface area contributed by atoms with Crippen LogP contribution >= 0.6 is 0 Å². The molecule has 0 saturated heterocycles. The van der Waals surface area contributed by atoms with Crippen molar-refractivity contribution in [1.82, 2.24) is 5.48 Å². The van der Waals surface area contributed by atoms with Gasteiger partial charge in [0.25, 0.3) is 0 Å². The summed E-state index contributed by atoms with van der Waals surface area (Å²) in [6.45, 7) is 3.14. The van der Waals surface area contributed by atoms with Crippen LogP contribution in [-0.2, 0) is 4.84 Å². The summed E-state index contributed by atoms with van der Waals surface area (Å²) in [6, 6.07) is 0. The van der Waals surface area contributed by atoms with Crippen molar-refractivity contribution >= 4 is 0 Å². The Labute approximate surface area is 80.4 Å². The summed E-state index contributed by atoms with van der Waals surface area (Å²) in [4.78, 5) is 4.96. The van der Waals surface area contributed by atoms with Gasteiger partial charge in [0.05, 0.1) is 12.7 Å². The van der Waals surface area contributed by atoms with Gasteiger partial charge in [0, 0.05) is 6.54 Å². The molecule has 0 aliphatic heterocycles. The van der Waals surface area contributed by atoms with Crippen LogP contribution in [0.25, 0.3) is 0 Å². The third-order valence-corrected chi connectivity index (χ3v) is 2.65. The van der Waals surface area contributed by atoms with E-state index in [0.29, 0.717) is 13.2 Å². The van der Waals surface area contributed by atoms with E-state index in [1.807, 2.05) is 6.92 Å². The highest BCUT2D eigenvalue weighted by molar-refractivity contribution is 4.71. The third-order valence-electron chi connectivity index (χ3n) is 2.65. The Kier molecular flexibility index (Phi) is 5.35. The van der Waals surface area contributed by atoms with Crippen molar-refractivity contribution < 1.29 is 9.94 Å². The van der Waals surface area contributed by atoms with Crippen molar-refractivity contribution in [3.05, 3.63) is 0 Å². The van der Waals surface area contributed by atoms with Gasteiger partial charge < -0.3 is 9.94 Å². The summed E-state index contributed by atoms with van der Waals surface area (Å²) in [6.07, 6.45) is 5.97. The normalized spacial score (nSPS) is 20.8. The second-order valence-corrected chi connectivity index (χ2v) is 3.82. The summed E-state index contributed by atoms with van der Waals surface area (Å²) in [7, 11) is 0. The van der Waals surface area contributed by atoms with Crippen LogP contribution in [0.5, 0.6) is 0 Å². The van der Waals surface area contributed by atoms with Crippen molar-refractivity contribution in [3.63, 3.8) is 0 Å². The molecule has 3 nitrogen and oxygen atoms in total. The van der Waals surface area contributed by atoms with Crippen LogP contribution in [0.2, 0.25) is 0 Å². The minimum atomic E-state index is -0.241. The van der Waals surface area contributed by atoms with Gasteiger partial charge in [0.2, 0.25) is 0 Å². The minimum absolute atomic E-state index is 0.241. The highest BCUT2D eigenvalue weighted by Crippen LogP contribution is 2.28. The monoisotopic (exact) mass is 187 g/mol. The second kappa shape index (κ2) is 6.35. The van der Waals surface area contributed by atoms with Crippen LogP contribution in [0.4, 0.5) is 0 Å². The maximum Gasteiger partial charge on any atom is 0.0690 e.